The van der Waals surface area contributed by atoms with E-state index in [-0.39, 0.29) is 6.04 Å². The molecule has 0 heterocycles. The van der Waals surface area contributed by atoms with Crippen LogP contribution in [0.4, 0.5) is 0 Å². The molecule has 0 aliphatic heterocycles. The maximum Gasteiger partial charge on any atom is 0.165 e. The molecule has 1 aromatic rings. The lowest BCUT2D eigenvalue weighted by Gasteiger charge is -2.24. The Morgan fingerprint density at radius 2 is 2.00 bits per heavy atom. The van der Waals surface area contributed by atoms with Gasteiger partial charge in [-0.15, -0.1) is 0 Å². The predicted octanol–water partition coefficient (Wildman–Crippen LogP) is 2.09. The molecule has 4 heteroatoms. The Morgan fingerprint density at radius 1 is 1.28 bits per heavy atom. The van der Waals surface area contributed by atoms with E-state index in [1.54, 1.807) is 14.2 Å². The Hall–Kier alpha value is -1.26. The number of ether oxygens (including phenoxy) is 2. The molecular weight excluding hydrogens is 228 g/mol. The van der Waals surface area contributed by atoms with Crippen molar-refractivity contribution >= 4 is 0 Å². The summed E-state index contributed by atoms with van der Waals surface area (Å²) in [7, 11) is 3.29. The first kappa shape index (κ1) is 14.8. The van der Waals surface area contributed by atoms with Crippen LogP contribution in [-0.4, -0.2) is 26.8 Å². The van der Waals surface area contributed by atoms with Crippen LogP contribution in [-0.2, 0) is 0 Å². The molecule has 0 aliphatic carbocycles. The summed E-state index contributed by atoms with van der Waals surface area (Å²) in [5.41, 5.74) is 6.91. The summed E-state index contributed by atoms with van der Waals surface area (Å²) in [5, 5.41) is 3.50. The minimum absolute atomic E-state index is 0.0741. The Kier molecular flexibility index (Phi) is 5.95. The number of benzene rings is 1. The predicted molar refractivity (Wildman–Crippen MR) is 74.2 cm³/mol. The summed E-state index contributed by atoms with van der Waals surface area (Å²) in [6.45, 7) is 4.82. The van der Waals surface area contributed by atoms with Gasteiger partial charge in [0.2, 0.25) is 0 Å². The van der Waals surface area contributed by atoms with Gasteiger partial charge < -0.3 is 20.5 Å². The lowest BCUT2D eigenvalue weighted by atomic mass is 10.0. The molecule has 0 aliphatic rings. The monoisotopic (exact) mass is 252 g/mol. The van der Waals surface area contributed by atoms with Crippen LogP contribution in [0.5, 0.6) is 11.5 Å². The van der Waals surface area contributed by atoms with E-state index in [0.29, 0.717) is 12.6 Å². The Morgan fingerprint density at radius 3 is 2.50 bits per heavy atom. The Bertz CT molecular complexity index is 369. The third-order valence-corrected chi connectivity index (χ3v) is 3.14. The van der Waals surface area contributed by atoms with E-state index in [1.807, 2.05) is 18.2 Å². The number of nitrogens with one attached hydrogen (secondary N) is 1. The topological polar surface area (TPSA) is 56.5 Å². The smallest absolute Gasteiger partial charge is 0.165 e. The first-order valence-corrected chi connectivity index (χ1v) is 6.34. The zero-order valence-electron chi connectivity index (χ0n) is 11.7. The van der Waals surface area contributed by atoms with E-state index in [9.17, 15) is 0 Å². The van der Waals surface area contributed by atoms with Crippen molar-refractivity contribution in [3.05, 3.63) is 23.8 Å². The molecular formula is C14H24N2O2. The van der Waals surface area contributed by atoms with E-state index in [1.165, 1.54) is 0 Å². The van der Waals surface area contributed by atoms with E-state index < -0.39 is 0 Å². The zero-order chi connectivity index (χ0) is 13.5. The summed E-state index contributed by atoms with van der Waals surface area (Å²) in [6.07, 6.45) is 1.06. The number of hydrogen-bond donors (Lipinski definition) is 2. The first-order valence-electron chi connectivity index (χ1n) is 6.34. The number of methoxy groups -OCH3 is 2. The van der Waals surface area contributed by atoms with Crippen LogP contribution in [0.3, 0.4) is 0 Å². The van der Waals surface area contributed by atoms with Crippen LogP contribution in [0.15, 0.2) is 18.2 Å². The van der Waals surface area contributed by atoms with Crippen LogP contribution in [0.2, 0.25) is 0 Å². The molecule has 2 unspecified atom stereocenters. The molecule has 0 spiro atoms. The van der Waals surface area contributed by atoms with Gasteiger partial charge in [0.25, 0.3) is 0 Å². The van der Waals surface area contributed by atoms with Crippen molar-refractivity contribution in [2.45, 2.75) is 32.4 Å². The summed E-state index contributed by atoms with van der Waals surface area (Å²) >= 11 is 0. The molecule has 3 N–H and O–H groups in total. The third kappa shape index (κ3) is 3.37. The van der Waals surface area contributed by atoms with E-state index in [4.69, 9.17) is 15.2 Å². The van der Waals surface area contributed by atoms with Crippen molar-refractivity contribution in [1.29, 1.82) is 0 Å². The molecule has 0 bridgehead atoms. The van der Waals surface area contributed by atoms with Crippen molar-refractivity contribution in [3.8, 4) is 11.5 Å². The van der Waals surface area contributed by atoms with Crippen LogP contribution in [0.25, 0.3) is 0 Å². The molecule has 102 valence electrons. The normalized spacial score (nSPS) is 14.1. The highest BCUT2D eigenvalue weighted by molar-refractivity contribution is 5.48. The molecule has 2 atom stereocenters. The molecule has 0 aromatic heterocycles. The molecule has 0 radical (unpaired) electrons. The Balaban J connectivity index is 3.04. The highest BCUT2D eigenvalue weighted by atomic mass is 16.5. The summed E-state index contributed by atoms with van der Waals surface area (Å²) in [5.74, 6) is 1.49. The van der Waals surface area contributed by atoms with Crippen molar-refractivity contribution in [1.82, 2.24) is 5.32 Å². The standard InChI is InChI=1S/C14H24N2O2/c1-5-10(2)16-12(9-15)11-7-6-8-13(17-3)14(11)18-4/h6-8,10,12,16H,5,9,15H2,1-4H3. The maximum absolute atomic E-state index is 5.86. The molecule has 18 heavy (non-hydrogen) atoms. The van der Waals surface area contributed by atoms with Gasteiger partial charge in [-0.05, 0) is 19.4 Å². The van der Waals surface area contributed by atoms with Crippen LogP contribution >= 0.6 is 0 Å². The highest BCUT2D eigenvalue weighted by Gasteiger charge is 2.18. The summed E-state index contributed by atoms with van der Waals surface area (Å²) in [4.78, 5) is 0. The fourth-order valence-electron chi connectivity index (χ4n) is 1.93. The lowest BCUT2D eigenvalue weighted by Crippen LogP contribution is -2.34. The molecule has 0 amide bonds. The number of para-hydroxylation sites is 1. The van der Waals surface area contributed by atoms with Gasteiger partial charge in [-0.3, -0.25) is 0 Å². The van der Waals surface area contributed by atoms with Gasteiger partial charge in [0, 0.05) is 24.2 Å². The molecule has 1 rings (SSSR count). The van der Waals surface area contributed by atoms with Gasteiger partial charge >= 0.3 is 0 Å². The van der Waals surface area contributed by atoms with Crippen molar-refractivity contribution in [3.63, 3.8) is 0 Å². The molecule has 1 aromatic carbocycles. The molecule has 0 saturated carbocycles. The third-order valence-electron chi connectivity index (χ3n) is 3.14. The average Bonchev–Trinajstić information content (AvgIpc) is 2.43. The fraction of sp³-hybridized carbons (Fsp3) is 0.571. The minimum atomic E-state index is 0.0741. The van der Waals surface area contributed by atoms with Crippen molar-refractivity contribution in [2.75, 3.05) is 20.8 Å². The van der Waals surface area contributed by atoms with Gasteiger partial charge in [-0.2, -0.15) is 0 Å². The van der Waals surface area contributed by atoms with Gasteiger partial charge in [-0.1, -0.05) is 19.1 Å². The largest absolute Gasteiger partial charge is 0.493 e. The van der Waals surface area contributed by atoms with Gasteiger partial charge in [0.1, 0.15) is 0 Å². The zero-order valence-corrected chi connectivity index (χ0v) is 11.7. The van der Waals surface area contributed by atoms with Gasteiger partial charge in [0.05, 0.1) is 14.2 Å². The first-order chi connectivity index (χ1) is 8.67. The molecule has 0 fully saturated rings. The number of nitrogens with two attached hydrogens (primary N) is 1. The highest BCUT2D eigenvalue weighted by Crippen LogP contribution is 2.34. The van der Waals surface area contributed by atoms with E-state index >= 15 is 0 Å². The van der Waals surface area contributed by atoms with Crippen molar-refractivity contribution in [2.24, 2.45) is 5.73 Å². The van der Waals surface area contributed by atoms with Crippen LogP contribution in [0, 0.1) is 0 Å². The fourth-order valence-corrected chi connectivity index (χ4v) is 1.93. The Labute approximate surface area is 109 Å². The SMILES string of the molecule is CCC(C)NC(CN)c1cccc(OC)c1OC. The lowest BCUT2D eigenvalue weighted by molar-refractivity contribution is 0.343. The molecule has 0 saturated heterocycles. The second-order valence-electron chi connectivity index (χ2n) is 4.35. The van der Waals surface area contributed by atoms with Crippen molar-refractivity contribution < 1.29 is 9.47 Å². The van der Waals surface area contributed by atoms with Gasteiger partial charge in [0.15, 0.2) is 11.5 Å². The number of rotatable bonds is 7. The van der Waals surface area contributed by atoms with Gasteiger partial charge in [-0.25, -0.2) is 0 Å². The minimum Gasteiger partial charge on any atom is -0.493 e. The summed E-state index contributed by atoms with van der Waals surface area (Å²) < 4.78 is 10.8. The van der Waals surface area contributed by atoms with E-state index in [2.05, 4.69) is 19.2 Å². The maximum atomic E-state index is 5.86. The van der Waals surface area contributed by atoms with Crippen LogP contribution in [0.1, 0.15) is 31.9 Å². The average molecular weight is 252 g/mol. The second kappa shape index (κ2) is 7.24. The number of hydrogen-bond acceptors (Lipinski definition) is 4. The van der Waals surface area contributed by atoms with Crippen LogP contribution < -0.4 is 20.5 Å². The van der Waals surface area contributed by atoms with E-state index in [0.717, 1.165) is 23.5 Å². The molecule has 4 nitrogen and oxygen atoms in total. The second-order valence-corrected chi connectivity index (χ2v) is 4.35. The summed E-state index contributed by atoms with van der Waals surface area (Å²) in [6, 6.07) is 6.35. The quantitative estimate of drug-likeness (QED) is 0.780.